The van der Waals surface area contributed by atoms with Crippen molar-refractivity contribution >= 4 is 0 Å². The first-order valence-corrected chi connectivity index (χ1v) is 9.04. The smallest absolute Gasteiger partial charge is 0.0712 e. The van der Waals surface area contributed by atoms with Crippen molar-refractivity contribution in [1.82, 2.24) is 9.78 Å². The van der Waals surface area contributed by atoms with E-state index in [0.717, 1.165) is 0 Å². The van der Waals surface area contributed by atoms with E-state index in [4.69, 9.17) is 5.10 Å². The second-order valence-corrected chi connectivity index (χ2v) is 7.02. The Kier molecular flexibility index (Phi) is 8.06. The van der Waals surface area contributed by atoms with Crippen LogP contribution in [0, 0.1) is 6.92 Å². The average molecular weight is 293 g/mol. The molecule has 0 spiro atoms. The molecule has 1 aromatic rings. The van der Waals surface area contributed by atoms with Crippen molar-refractivity contribution in [1.29, 1.82) is 0 Å². The largest absolute Gasteiger partial charge is 0.275 e. The van der Waals surface area contributed by atoms with Crippen molar-refractivity contribution in [2.45, 2.75) is 97.3 Å². The van der Waals surface area contributed by atoms with Crippen molar-refractivity contribution in [3.05, 3.63) is 17.5 Å². The molecular formula is C19H36N2. The first kappa shape index (κ1) is 18.3. The number of aromatic nitrogens is 2. The molecule has 0 aromatic carbocycles. The average Bonchev–Trinajstić information content (AvgIpc) is 2.80. The summed E-state index contributed by atoms with van der Waals surface area (Å²) in [6.45, 7) is 9.23. The van der Waals surface area contributed by atoms with Gasteiger partial charge in [-0.1, -0.05) is 72.1 Å². The number of hydrogen-bond acceptors (Lipinski definition) is 1. The van der Waals surface area contributed by atoms with Crippen LogP contribution in [0.3, 0.4) is 0 Å². The fraction of sp³-hybridized carbons (Fsp3) is 0.842. The summed E-state index contributed by atoms with van der Waals surface area (Å²) in [6, 6.07) is 0. The lowest BCUT2D eigenvalue weighted by atomic mass is 9.76. The van der Waals surface area contributed by atoms with Crippen molar-refractivity contribution < 1.29 is 0 Å². The third-order valence-electron chi connectivity index (χ3n) is 4.75. The fourth-order valence-corrected chi connectivity index (χ4v) is 3.45. The Hall–Kier alpha value is -0.790. The van der Waals surface area contributed by atoms with Crippen LogP contribution in [-0.2, 0) is 12.5 Å². The van der Waals surface area contributed by atoms with Gasteiger partial charge in [-0.2, -0.15) is 5.10 Å². The predicted octanol–water partition coefficient (Wildman–Crippen LogP) is 5.93. The summed E-state index contributed by atoms with van der Waals surface area (Å²) in [5, 5.41) is 4.80. The van der Waals surface area contributed by atoms with E-state index in [2.05, 4.69) is 33.9 Å². The van der Waals surface area contributed by atoms with Crippen LogP contribution < -0.4 is 0 Å². The van der Waals surface area contributed by atoms with E-state index in [-0.39, 0.29) is 5.41 Å². The first-order valence-electron chi connectivity index (χ1n) is 9.04. The highest BCUT2D eigenvalue weighted by molar-refractivity contribution is 5.24. The molecule has 0 saturated heterocycles. The summed E-state index contributed by atoms with van der Waals surface area (Å²) in [6.07, 6.45) is 15.5. The molecule has 122 valence electrons. The molecule has 0 aliphatic carbocycles. The van der Waals surface area contributed by atoms with E-state index < -0.39 is 0 Å². The van der Waals surface area contributed by atoms with Crippen LogP contribution in [0.25, 0.3) is 0 Å². The number of nitrogens with zero attached hydrogens (tertiary/aromatic N) is 2. The van der Waals surface area contributed by atoms with Gasteiger partial charge in [0.15, 0.2) is 0 Å². The molecule has 0 radical (unpaired) electrons. The fourth-order valence-electron chi connectivity index (χ4n) is 3.45. The molecule has 0 bridgehead atoms. The van der Waals surface area contributed by atoms with E-state index in [1.165, 1.54) is 75.5 Å². The lowest BCUT2D eigenvalue weighted by Gasteiger charge is -2.29. The minimum atomic E-state index is 0.271. The van der Waals surface area contributed by atoms with Gasteiger partial charge in [0.05, 0.1) is 5.69 Å². The molecule has 2 nitrogen and oxygen atoms in total. The van der Waals surface area contributed by atoms with E-state index >= 15 is 0 Å². The van der Waals surface area contributed by atoms with Crippen LogP contribution in [0.1, 0.15) is 96.2 Å². The summed E-state index contributed by atoms with van der Waals surface area (Å²) >= 11 is 0. The highest BCUT2D eigenvalue weighted by atomic mass is 15.3. The normalized spacial score (nSPS) is 12.0. The van der Waals surface area contributed by atoms with E-state index in [1.54, 1.807) is 0 Å². The van der Waals surface area contributed by atoms with Gasteiger partial charge in [-0.3, -0.25) is 4.68 Å². The molecule has 0 unspecified atom stereocenters. The maximum Gasteiger partial charge on any atom is 0.0712 e. The molecular weight excluding hydrogens is 256 g/mol. The Morgan fingerprint density at radius 2 is 1.48 bits per heavy atom. The zero-order chi connectivity index (χ0) is 15.7. The predicted molar refractivity (Wildman–Crippen MR) is 92.8 cm³/mol. The number of rotatable bonds is 11. The highest BCUT2D eigenvalue weighted by Crippen LogP contribution is 2.36. The number of aryl methyl sites for hydroxylation is 2. The van der Waals surface area contributed by atoms with Gasteiger partial charge in [0.1, 0.15) is 0 Å². The van der Waals surface area contributed by atoms with Crippen molar-refractivity contribution in [3.8, 4) is 0 Å². The zero-order valence-corrected chi connectivity index (χ0v) is 15.0. The second kappa shape index (κ2) is 9.27. The van der Waals surface area contributed by atoms with Gasteiger partial charge in [0.2, 0.25) is 0 Å². The molecule has 0 amide bonds. The molecule has 2 heteroatoms. The van der Waals surface area contributed by atoms with Crippen LogP contribution in [-0.4, -0.2) is 9.78 Å². The third kappa shape index (κ3) is 5.84. The maximum absolute atomic E-state index is 4.80. The quantitative estimate of drug-likeness (QED) is 0.462. The molecule has 0 aliphatic heterocycles. The molecule has 1 rings (SSSR count). The molecule has 0 N–H and O–H groups in total. The topological polar surface area (TPSA) is 17.8 Å². The SMILES string of the molecule is CCCCCCC(C)(CCCCCC)c1nn(C)cc1C. The molecule has 21 heavy (non-hydrogen) atoms. The highest BCUT2D eigenvalue weighted by Gasteiger charge is 2.29. The summed E-state index contributed by atoms with van der Waals surface area (Å²) in [4.78, 5) is 0. The van der Waals surface area contributed by atoms with Gasteiger partial charge in [-0.15, -0.1) is 0 Å². The van der Waals surface area contributed by atoms with Gasteiger partial charge in [0, 0.05) is 18.7 Å². The third-order valence-corrected chi connectivity index (χ3v) is 4.75. The van der Waals surface area contributed by atoms with Gasteiger partial charge >= 0.3 is 0 Å². The van der Waals surface area contributed by atoms with Crippen LogP contribution in [0.2, 0.25) is 0 Å². The van der Waals surface area contributed by atoms with Crippen LogP contribution in [0.15, 0.2) is 6.20 Å². The Morgan fingerprint density at radius 1 is 0.952 bits per heavy atom. The zero-order valence-electron chi connectivity index (χ0n) is 15.0. The minimum Gasteiger partial charge on any atom is -0.275 e. The summed E-state index contributed by atoms with van der Waals surface area (Å²) < 4.78 is 1.99. The number of hydrogen-bond donors (Lipinski definition) is 0. The molecule has 0 atom stereocenters. The second-order valence-electron chi connectivity index (χ2n) is 7.02. The van der Waals surface area contributed by atoms with Gasteiger partial charge in [-0.25, -0.2) is 0 Å². The number of unbranched alkanes of at least 4 members (excludes halogenated alkanes) is 6. The maximum atomic E-state index is 4.80. The summed E-state index contributed by atoms with van der Waals surface area (Å²) in [5.41, 5.74) is 2.98. The lowest BCUT2D eigenvalue weighted by molar-refractivity contribution is 0.351. The van der Waals surface area contributed by atoms with E-state index in [0.29, 0.717) is 0 Å². The Balaban J connectivity index is 2.70. The van der Waals surface area contributed by atoms with Crippen molar-refractivity contribution in [2.24, 2.45) is 7.05 Å². The van der Waals surface area contributed by atoms with E-state index in [9.17, 15) is 0 Å². The molecule has 0 aliphatic rings. The molecule has 0 fully saturated rings. The standard InChI is InChI=1S/C19H36N2/c1-6-8-10-12-14-19(4,15-13-11-9-7-2)18-17(3)16-21(5)20-18/h16H,6-15H2,1-5H3. The van der Waals surface area contributed by atoms with Crippen LogP contribution in [0.4, 0.5) is 0 Å². The van der Waals surface area contributed by atoms with E-state index in [1.807, 2.05) is 11.7 Å². The molecule has 1 heterocycles. The van der Waals surface area contributed by atoms with Gasteiger partial charge in [-0.05, 0) is 25.3 Å². The van der Waals surface area contributed by atoms with Gasteiger partial charge < -0.3 is 0 Å². The summed E-state index contributed by atoms with van der Waals surface area (Å²) in [5.74, 6) is 0. The molecule has 0 saturated carbocycles. The Labute approximate surface area is 132 Å². The Morgan fingerprint density at radius 3 is 1.86 bits per heavy atom. The van der Waals surface area contributed by atoms with Crippen LogP contribution >= 0.6 is 0 Å². The first-order chi connectivity index (χ1) is 10.0. The minimum absolute atomic E-state index is 0.271. The van der Waals surface area contributed by atoms with Crippen LogP contribution in [0.5, 0.6) is 0 Å². The van der Waals surface area contributed by atoms with Crippen molar-refractivity contribution in [3.63, 3.8) is 0 Å². The lowest BCUT2D eigenvalue weighted by Crippen LogP contribution is -2.24. The van der Waals surface area contributed by atoms with Gasteiger partial charge in [0.25, 0.3) is 0 Å². The monoisotopic (exact) mass is 292 g/mol. The van der Waals surface area contributed by atoms with Crippen molar-refractivity contribution in [2.75, 3.05) is 0 Å². The Bertz CT molecular complexity index is 380. The summed E-state index contributed by atoms with van der Waals surface area (Å²) in [7, 11) is 2.05. The molecule has 1 aromatic heterocycles.